The first-order valence-electron chi connectivity index (χ1n) is 14.2. The minimum absolute atomic E-state index is 0.0680. The normalized spacial score (nSPS) is 24.3. The molecule has 2 aliphatic carbocycles. The van der Waals surface area contributed by atoms with Gasteiger partial charge in [0.05, 0.1) is 10.8 Å². The van der Waals surface area contributed by atoms with Gasteiger partial charge in [-0.3, -0.25) is 9.59 Å². The number of carbonyl (C=O) groups excluding carboxylic acids is 2. The molecule has 1 saturated heterocycles. The Morgan fingerprint density at radius 1 is 0.872 bits per heavy atom. The van der Waals surface area contributed by atoms with Crippen LogP contribution < -0.4 is 5.32 Å². The Morgan fingerprint density at radius 2 is 1.56 bits per heavy atom. The molecule has 1 heterocycles. The van der Waals surface area contributed by atoms with Gasteiger partial charge in [0.2, 0.25) is 21.8 Å². The van der Waals surface area contributed by atoms with Gasteiger partial charge in [-0.05, 0) is 68.4 Å². The first-order chi connectivity index (χ1) is 18.8. The van der Waals surface area contributed by atoms with Crippen LogP contribution in [0.3, 0.4) is 0 Å². The molecule has 3 aliphatic rings. The predicted molar refractivity (Wildman–Crippen MR) is 151 cm³/mol. The largest absolute Gasteiger partial charge is 0.351 e. The Kier molecular flexibility index (Phi) is 8.94. The summed E-state index contributed by atoms with van der Waals surface area (Å²) >= 11 is 6.09. The maximum atomic E-state index is 14.0. The molecule has 0 bridgehead atoms. The molecule has 0 radical (unpaired) electrons. The van der Waals surface area contributed by atoms with Gasteiger partial charge in [-0.25, -0.2) is 8.42 Å². The molecular weight excluding hydrogens is 534 g/mol. The maximum Gasteiger partial charge on any atom is 0.243 e. The molecule has 3 atom stereocenters. The smallest absolute Gasteiger partial charge is 0.243 e. The van der Waals surface area contributed by atoms with Crippen LogP contribution in [-0.2, 0) is 26.2 Å². The van der Waals surface area contributed by atoms with E-state index in [9.17, 15) is 18.0 Å². The molecule has 0 spiro atoms. The van der Waals surface area contributed by atoms with Gasteiger partial charge in [0.25, 0.3) is 0 Å². The molecule has 39 heavy (non-hydrogen) atoms. The summed E-state index contributed by atoms with van der Waals surface area (Å²) in [6, 6.07) is 15.1. The Morgan fingerprint density at radius 3 is 2.26 bits per heavy atom. The molecular formula is C30H38ClN3O4S. The van der Waals surface area contributed by atoms with E-state index in [0.29, 0.717) is 18.0 Å². The van der Waals surface area contributed by atoms with Gasteiger partial charge >= 0.3 is 0 Å². The van der Waals surface area contributed by atoms with Gasteiger partial charge in [0.1, 0.15) is 0 Å². The van der Waals surface area contributed by atoms with Crippen LogP contribution in [0.2, 0.25) is 5.02 Å². The Labute approximate surface area is 236 Å². The van der Waals surface area contributed by atoms with Crippen molar-refractivity contribution < 1.29 is 18.0 Å². The summed E-state index contributed by atoms with van der Waals surface area (Å²) in [5.74, 6) is -0.0149. The van der Waals surface area contributed by atoms with E-state index < -0.39 is 10.0 Å². The van der Waals surface area contributed by atoms with Crippen LogP contribution in [0.1, 0.15) is 63.4 Å². The molecule has 9 heteroatoms. The summed E-state index contributed by atoms with van der Waals surface area (Å²) in [6.07, 6.45) is 7.78. The van der Waals surface area contributed by atoms with E-state index in [2.05, 4.69) is 5.32 Å². The minimum Gasteiger partial charge on any atom is -0.351 e. The summed E-state index contributed by atoms with van der Waals surface area (Å²) < 4.78 is 29.6. The molecule has 2 aromatic carbocycles. The molecule has 3 fully saturated rings. The second kappa shape index (κ2) is 12.4. The van der Waals surface area contributed by atoms with E-state index in [1.807, 2.05) is 17.0 Å². The zero-order valence-electron chi connectivity index (χ0n) is 22.3. The number of hydrogen-bond donors (Lipinski definition) is 1. The van der Waals surface area contributed by atoms with Gasteiger partial charge in [-0.15, -0.1) is 0 Å². The van der Waals surface area contributed by atoms with Gasteiger partial charge in [-0.1, -0.05) is 61.2 Å². The van der Waals surface area contributed by atoms with Crippen LogP contribution in [-0.4, -0.2) is 54.6 Å². The molecule has 2 saturated carbocycles. The summed E-state index contributed by atoms with van der Waals surface area (Å²) in [7, 11) is -3.83. The third kappa shape index (κ3) is 6.50. The number of nitrogens with zero attached hydrogens (tertiary/aromatic N) is 2. The van der Waals surface area contributed by atoms with Crippen molar-refractivity contribution in [3.63, 3.8) is 0 Å². The lowest BCUT2D eigenvalue weighted by Gasteiger charge is -2.41. The molecule has 7 nitrogen and oxygen atoms in total. The number of halogens is 1. The van der Waals surface area contributed by atoms with E-state index in [1.165, 1.54) is 0 Å². The summed E-state index contributed by atoms with van der Waals surface area (Å²) in [6.45, 7) is 1.36. The number of amides is 2. The number of carbonyl (C=O) groups is 2. The summed E-state index contributed by atoms with van der Waals surface area (Å²) in [4.78, 5) is 28.5. The summed E-state index contributed by atoms with van der Waals surface area (Å²) in [5.41, 5.74) is 0.840. The fourth-order valence-electron chi connectivity index (χ4n) is 6.11. The van der Waals surface area contributed by atoms with Crippen molar-refractivity contribution in [2.24, 2.45) is 11.8 Å². The molecule has 1 aliphatic heterocycles. The van der Waals surface area contributed by atoms with Crippen molar-refractivity contribution in [3.05, 3.63) is 65.2 Å². The van der Waals surface area contributed by atoms with Crippen molar-refractivity contribution in [1.29, 1.82) is 0 Å². The second-order valence-electron chi connectivity index (χ2n) is 11.2. The van der Waals surface area contributed by atoms with E-state index in [1.54, 1.807) is 46.8 Å². The highest BCUT2D eigenvalue weighted by Gasteiger charge is 2.40. The van der Waals surface area contributed by atoms with Crippen molar-refractivity contribution in [3.8, 4) is 0 Å². The van der Waals surface area contributed by atoms with Gasteiger partial charge < -0.3 is 10.2 Å². The van der Waals surface area contributed by atoms with Crippen molar-refractivity contribution in [2.75, 3.05) is 13.1 Å². The summed E-state index contributed by atoms with van der Waals surface area (Å²) in [5, 5.41) is 3.84. The molecule has 2 aromatic rings. The van der Waals surface area contributed by atoms with Crippen molar-refractivity contribution in [2.45, 2.75) is 81.3 Å². The molecule has 5 rings (SSSR count). The average Bonchev–Trinajstić information content (AvgIpc) is 2.92. The maximum absolute atomic E-state index is 14.0. The second-order valence-corrected chi connectivity index (χ2v) is 13.5. The van der Waals surface area contributed by atoms with E-state index in [0.717, 1.165) is 63.5 Å². The standard InChI is InChI=1S/C30H38ClN3O4S/c31-25-17-15-22(16-18-25)20-34(39(37,38)26-11-2-1-3-12-26)28-14-5-4-13-27(28)32-29(35)24-10-7-19-33(21-24)30(36)23-8-6-9-23/h1-3,11-12,15-18,23-24,27-28H,4-10,13-14,19-21H2,(H,32,35)/t24?,27-,28-/m1/s1. The van der Waals surface area contributed by atoms with Crippen LogP contribution in [0.5, 0.6) is 0 Å². The number of nitrogens with one attached hydrogen (secondary N) is 1. The Hall–Kier alpha value is -2.42. The molecule has 2 amide bonds. The number of likely N-dealkylation sites (tertiary alicyclic amines) is 1. The average molecular weight is 572 g/mol. The van der Waals surface area contributed by atoms with Crippen LogP contribution in [0.15, 0.2) is 59.5 Å². The van der Waals surface area contributed by atoms with Crippen molar-refractivity contribution in [1.82, 2.24) is 14.5 Å². The third-order valence-corrected chi connectivity index (χ3v) is 10.7. The van der Waals surface area contributed by atoms with E-state index in [-0.39, 0.29) is 47.2 Å². The Bertz CT molecular complexity index is 1250. The van der Waals surface area contributed by atoms with Crippen molar-refractivity contribution >= 4 is 33.4 Å². The fraction of sp³-hybridized carbons (Fsp3) is 0.533. The highest BCUT2D eigenvalue weighted by atomic mass is 35.5. The number of piperidine rings is 1. The minimum atomic E-state index is -3.83. The van der Waals surface area contributed by atoms with E-state index in [4.69, 9.17) is 11.6 Å². The van der Waals surface area contributed by atoms with Crippen LogP contribution in [0.4, 0.5) is 0 Å². The molecule has 1 N–H and O–H groups in total. The van der Waals surface area contributed by atoms with Gasteiger partial charge in [-0.2, -0.15) is 4.31 Å². The topological polar surface area (TPSA) is 86.8 Å². The van der Waals surface area contributed by atoms with Crippen LogP contribution >= 0.6 is 11.6 Å². The SMILES string of the molecule is O=C(N[C@@H]1CCCC[C@H]1N(Cc1ccc(Cl)cc1)S(=O)(=O)c1ccccc1)C1CCCN(C(=O)C2CCC2)C1. The quantitative estimate of drug-likeness (QED) is 0.483. The lowest BCUT2D eigenvalue weighted by molar-refractivity contribution is -0.141. The highest BCUT2D eigenvalue weighted by molar-refractivity contribution is 7.89. The molecule has 210 valence electrons. The van der Waals surface area contributed by atoms with Gasteiger partial charge in [0, 0.05) is 42.7 Å². The first kappa shape index (κ1) is 28.1. The van der Waals surface area contributed by atoms with Gasteiger partial charge in [0.15, 0.2) is 0 Å². The lowest BCUT2D eigenvalue weighted by Crippen LogP contribution is -2.56. The third-order valence-electron chi connectivity index (χ3n) is 8.59. The molecule has 1 unspecified atom stereocenters. The number of sulfonamides is 1. The predicted octanol–water partition coefficient (Wildman–Crippen LogP) is 5.00. The van der Waals surface area contributed by atoms with Crippen LogP contribution in [0.25, 0.3) is 0 Å². The van der Waals surface area contributed by atoms with Crippen LogP contribution in [0, 0.1) is 11.8 Å². The number of hydrogen-bond acceptors (Lipinski definition) is 4. The fourth-order valence-corrected chi connectivity index (χ4v) is 7.93. The zero-order chi connectivity index (χ0) is 27.4. The number of benzene rings is 2. The molecule has 0 aromatic heterocycles. The zero-order valence-corrected chi connectivity index (χ0v) is 23.9. The Balaban J connectivity index is 1.36. The monoisotopic (exact) mass is 571 g/mol. The highest BCUT2D eigenvalue weighted by Crippen LogP contribution is 2.32. The number of rotatable bonds is 8. The first-order valence-corrected chi connectivity index (χ1v) is 16.1. The lowest BCUT2D eigenvalue weighted by atomic mass is 9.83. The van der Waals surface area contributed by atoms with E-state index >= 15 is 0 Å².